The molecule has 1 atom stereocenters. The molecule has 1 unspecified atom stereocenters. The Kier molecular flexibility index (Phi) is 5.57. The van der Waals surface area contributed by atoms with Crippen LogP contribution in [0.5, 0.6) is 0 Å². The highest BCUT2D eigenvalue weighted by molar-refractivity contribution is 5.75. The van der Waals surface area contributed by atoms with E-state index in [2.05, 4.69) is 24.4 Å². The van der Waals surface area contributed by atoms with E-state index < -0.39 is 0 Å². The second-order valence-electron chi connectivity index (χ2n) is 4.01. The highest BCUT2D eigenvalue weighted by Crippen LogP contribution is 2.12. The third kappa shape index (κ3) is 4.45. The van der Waals surface area contributed by atoms with E-state index in [1.165, 1.54) is 5.56 Å². The van der Waals surface area contributed by atoms with E-state index in [0.29, 0.717) is 25.4 Å². The van der Waals surface area contributed by atoms with Gasteiger partial charge in [0.15, 0.2) is 0 Å². The molecule has 16 heavy (non-hydrogen) atoms. The van der Waals surface area contributed by atoms with Crippen LogP contribution in [0.1, 0.15) is 31.2 Å². The van der Waals surface area contributed by atoms with Gasteiger partial charge in [0, 0.05) is 13.0 Å². The number of carbonyl (C=O) groups excluding carboxylic acids is 1. The van der Waals surface area contributed by atoms with E-state index in [4.69, 9.17) is 5.73 Å². The zero-order valence-electron chi connectivity index (χ0n) is 9.78. The van der Waals surface area contributed by atoms with Crippen LogP contribution in [0.25, 0.3) is 0 Å². The Morgan fingerprint density at radius 3 is 2.69 bits per heavy atom. The van der Waals surface area contributed by atoms with Gasteiger partial charge in [-0.1, -0.05) is 37.3 Å². The van der Waals surface area contributed by atoms with Gasteiger partial charge >= 0.3 is 0 Å². The first-order valence-corrected chi connectivity index (χ1v) is 5.75. The number of nitrogens with two attached hydrogens (primary N) is 1. The average molecular weight is 220 g/mol. The molecule has 0 aliphatic carbocycles. The molecule has 0 radical (unpaired) electrons. The summed E-state index contributed by atoms with van der Waals surface area (Å²) in [5.74, 6) is 0.441. The lowest BCUT2D eigenvalue weighted by atomic mass is 10.0. The van der Waals surface area contributed by atoms with Gasteiger partial charge in [0.2, 0.25) is 5.91 Å². The second-order valence-corrected chi connectivity index (χ2v) is 4.01. The predicted molar refractivity (Wildman–Crippen MR) is 66.2 cm³/mol. The zero-order chi connectivity index (χ0) is 11.8. The quantitative estimate of drug-likeness (QED) is 0.766. The number of nitrogens with one attached hydrogen (secondary N) is 1. The lowest BCUT2D eigenvalue weighted by molar-refractivity contribution is -0.121. The molecule has 88 valence electrons. The minimum absolute atomic E-state index is 0.0910. The second kappa shape index (κ2) is 7.01. The van der Waals surface area contributed by atoms with Crippen molar-refractivity contribution in [1.29, 1.82) is 0 Å². The predicted octanol–water partition coefficient (Wildman–Crippen LogP) is 1.65. The van der Waals surface area contributed by atoms with Crippen LogP contribution in [0.2, 0.25) is 0 Å². The van der Waals surface area contributed by atoms with Crippen molar-refractivity contribution in [3.63, 3.8) is 0 Å². The highest BCUT2D eigenvalue weighted by Gasteiger charge is 2.06. The van der Waals surface area contributed by atoms with Crippen molar-refractivity contribution in [2.45, 2.75) is 25.7 Å². The Balaban J connectivity index is 2.30. The number of benzene rings is 1. The van der Waals surface area contributed by atoms with Crippen LogP contribution in [0.3, 0.4) is 0 Å². The van der Waals surface area contributed by atoms with Gasteiger partial charge in [0.05, 0.1) is 0 Å². The number of carbonyl (C=O) groups is 1. The Labute approximate surface area is 97.0 Å². The summed E-state index contributed by atoms with van der Waals surface area (Å²) in [6.07, 6.45) is 1.28. The van der Waals surface area contributed by atoms with Crippen molar-refractivity contribution in [1.82, 2.24) is 5.32 Å². The first-order chi connectivity index (χ1) is 7.74. The maximum absolute atomic E-state index is 11.4. The molecule has 0 heterocycles. The summed E-state index contributed by atoms with van der Waals surface area (Å²) in [6, 6.07) is 10.2. The van der Waals surface area contributed by atoms with Crippen molar-refractivity contribution in [2.75, 3.05) is 13.1 Å². The van der Waals surface area contributed by atoms with Crippen LogP contribution in [0.15, 0.2) is 30.3 Å². The summed E-state index contributed by atoms with van der Waals surface area (Å²) in [4.78, 5) is 11.4. The van der Waals surface area contributed by atoms with Gasteiger partial charge in [-0.25, -0.2) is 0 Å². The Hall–Kier alpha value is -1.35. The Morgan fingerprint density at radius 2 is 2.06 bits per heavy atom. The molecule has 1 aromatic rings. The van der Waals surface area contributed by atoms with Gasteiger partial charge in [-0.15, -0.1) is 0 Å². The van der Waals surface area contributed by atoms with Gasteiger partial charge in [-0.2, -0.15) is 0 Å². The summed E-state index contributed by atoms with van der Waals surface area (Å²) in [7, 11) is 0. The fourth-order valence-corrected chi connectivity index (χ4v) is 1.52. The molecule has 3 N–H and O–H groups in total. The monoisotopic (exact) mass is 220 g/mol. The molecule has 0 saturated carbocycles. The van der Waals surface area contributed by atoms with Gasteiger partial charge in [-0.05, 0) is 24.4 Å². The molecule has 1 rings (SSSR count). The van der Waals surface area contributed by atoms with E-state index in [1.54, 1.807) is 0 Å². The van der Waals surface area contributed by atoms with Gasteiger partial charge in [0.25, 0.3) is 0 Å². The van der Waals surface area contributed by atoms with Gasteiger partial charge < -0.3 is 11.1 Å². The van der Waals surface area contributed by atoms with E-state index in [1.807, 2.05) is 18.2 Å². The first kappa shape index (κ1) is 12.7. The molecule has 3 nitrogen and oxygen atoms in total. The molecule has 0 spiro atoms. The topological polar surface area (TPSA) is 55.1 Å². The molecular formula is C13H20N2O. The van der Waals surface area contributed by atoms with Crippen LogP contribution in [-0.2, 0) is 4.79 Å². The summed E-state index contributed by atoms with van der Waals surface area (Å²) >= 11 is 0. The van der Waals surface area contributed by atoms with E-state index >= 15 is 0 Å². The van der Waals surface area contributed by atoms with Crippen molar-refractivity contribution in [3.05, 3.63) is 35.9 Å². The minimum Gasteiger partial charge on any atom is -0.356 e. The number of rotatable bonds is 6. The third-order valence-corrected chi connectivity index (χ3v) is 2.58. The van der Waals surface area contributed by atoms with Gasteiger partial charge in [0.1, 0.15) is 0 Å². The van der Waals surface area contributed by atoms with Gasteiger partial charge in [-0.3, -0.25) is 4.79 Å². The molecule has 0 fully saturated rings. The lowest BCUT2D eigenvalue weighted by Gasteiger charge is -2.12. The van der Waals surface area contributed by atoms with Crippen LogP contribution in [0.4, 0.5) is 0 Å². The van der Waals surface area contributed by atoms with Crippen LogP contribution in [-0.4, -0.2) is 19.0 Å². The molecular weight excluding hydrogens is 200 g/mol. The Morgan fingerprint density at radius 1 is 1.38 bits per heavy atom. The maximum atomic E-state index is 11.4. The summed E-state index contributed by atoms with van der Waals surface area (Å²) in [6.45, 7) is 3.37. The van der Waals surface area contributed by atoms with E-state index in [0.717, 1.165) is 6.42 Å². The van der Waals surface area contributed by atoms with E-state index in [-0.39, 0.29) is 5.91 Å². The molecule has 0 saturated heterocycles. The molecule has 3 heteroatoms. The van der Waals surface area contributed by atoms with Crippen molar-refractivity contribution >= 4 is 5.91 Å². The molecule has 1 amide bonds. The van der Waals surface area contributed by atoms with E-state index in [9.17, 15) is 4.79 Å². The molecule has 0 aliphatic heterocycles. The molecule has 0 aliphatic rings. The summed E-state index contributed by atoms with van der Waals surface area (Å²) in [5.41, 5.74) is 6.60. The number of amides is 1. The van der Waals surface area contributed by atoms with Crippen LogP contribution >= 0.6 is 0 Å². The summed E-state index contributed by atoms with van der Waals surface area (Å²) < 4.78 is 0. The standard InChI is InChI=1S/C13H20N2O/c1-11(12-6-3-2-4-7-12)10-15-13(16)8-5-9-14/h2-4,6-7,11H,5,8-10,14H2,1H3,(H,15,16). The van der Waals surface area contributed by atoms with Crippen LogP contribution in [0, 0.1) is 0 Å². The summed E-state index contributed by atoms with van der Waals surface area (Å²) in [5, 5.41) is 2.92. The molecule has 0 aromatic heterocycles. The maximum Gasteiger partial charge on any atom is 0.220 e. The molecule has 1 aromatic carbocycles. The fourth-order valence-electron chi connectivity index (χ4n) is 1.52. The first-order valence-electron chi connectivity index (χ1n) is 5.75. The number of hydrogen-bond acceptors (Lipinski definition) is 2. The minimum atomic E-state index is 0.0910. The third-order valence-electron chi connectivity index (χ3n) is 2.58. The van der Waals surface area contributed by atoms with Crippen molar-refractivity contribution in [2.24, 2.45) is 5.73 Å². The average Bonchev–Trinajstić information content (AvgIpc) is 2.34. The zero-order valence-corrected chi connectivity index (χ0v) is 9.78. The molecule has 0 bridgehead atoms. The van der Waals surface area contributed by atoms with Crippen LogP contribution < -0.4 is 11.1 Å². The largest absolute Gasteiger partial charge is 0.356 e. The highest BCUT2D eigenvalue weighted by atomic mass is 16.1. The lowest BCUT2D eigenvalue weighted by Crippen LogP contribution is -2.27. The number of hydrogen-bond donors (Lipinski definition) is 2. The Bertz CT molecular complexity index is 311. The van der Waals surface area contributed by atoms with Crippen molar-refractivity contribution < 1.29 is 4.79 Å². The smallest absolute Gasteiger partial charge is 0.220 e. The normalized spacial score (nSPS) is 12.1. The SMILES string of the molecule is CC(CNC(=O)CCCN)c1ccccc1. The van der Waals surface area contributed by atoms with Crippen molar-refractivity contribution in [3.8, 4) is 0 Å². The fraction of sp³-hybridized carbons (Fsp3) is 0.462.